The lowest BCUT2D eigenvalue weighted by Gasteiger charge is -2.14. The van der Waals surface area contributed by atoms with Crippen molar-refractivity contribution in [3.05, 3.63) is 74.6 Å². The van der Waals surface area contributed by atoms with Crippen LogP contribution in [-0.4, -0.2) is 33.5 Å². The van der Waals surface area contributed by atoms with E-state index < -0.39 is 5.91 Å². The second kappa shape index (κ2) is 11.4. The van der Waals surface area contributed by atoms with Gasteiger partial charge >= 0.3 is 0 Å². The van der Waals surface area contributed by atoms with E-state index in [0.29, 0.717) is 32.2 Å². The molecule has 2 aromatic carbocycles. The zero-order chi connectivity index (χ0) is 23.1. The molecule has 0 atom stereocenters. The number of nitrogens with one attached hydrogen (secondary N) is 2. The number of benzene rings is 2. The molecule has 3 rings (SSSR count). The van der Waals surface area contributed by atoms with Gasteiger partial charge in [0.05, 0.1) is 10.5 Å². The average Bonchev–Trinajstić information content (AvgIpc) is 3.05. The van der Waals surface area contributed by atoms with Gasteiger partial charge in [-0.25, -0.2) is 0 Å². The largest absolute Gasteiger partial charge is 0.293 e. The van der Waals surface area contributed by atoms with Gasteiger partial charge < -0.3 is 0 Å². The summed E-state index contributed by atoms with van der Waals surface area (Å²) in [4.78, 5) is 39.0. The molecule has 166 valence electrons. The van der Waals surface area contributed by atoms with Crippen LogP contribution in [0.25, 0.3) is 6.08 Å². The highest BCUT2D eigenvalue weighted by Crippen LogP contribution is 2.32. The van der Waals surface area contributed by atoms with Crippen molar-refractivity contribution in [1.29, 1.82) is 0 Å². The van der Waals surface area contributed by atoms with Crippen molar-refractivity contribution in [2.45, 2.75) is 26.2 Å². The molecule has 0 bridgehead atoms. The van der Waals surface area contributed by atoms with E-state index in [1.54, 1.807) is 24.3 Å². The molecule has 1 aliphatic heterocycles. The number of carbonyl (C=O) groups excluding carboxylic acids is 3. The predicted octanol–water partition coefficient (Wildman–Crippen LogP) is 4.45. The summed E-state index contributed by atoms with van der Waals surface area (Å²) >= 11 is 9.91. The molecule has 2 N–H and O–H groups in total. The molecule has 0 spiro atoms. The molecule has 0 radical (unpaired) electrons. The Hall–Kier alpha value is -2.49. The number of amides is 3. The van der Waals surface area contributed by atoms with Gasteiger partial charge in [0.2, 0.25) is 5.91 Å². The van der Waals surface area contributed by atoms with Crippen LogP contribution in [0.3, 0.4) is 0 Å². The first-order chi connectivity index (χ1) is 15.4. The zero-order valence-electron chi connectivity index (χ0n) is 17.4. The summed E-state index contributed by atoms with van der Waals surface area (Å²) in [7, 11) is 0. The minimum Gasteiger partial charge on any atom is -0.293 e. The quantitative estimate of drug-likeness (QED) is 0.313. The monoisotopic (exact) mass is 531 g/mol. The maximum Gasteiger partial charge on any atom is 0.270 e. The van der Waals surface area contributed by atoms with Crippen molar-refractivity contribution >= 4 is 68.0 Å². The fourth-order valence-electron chi connectivity index (χ4n) is 2.99. The van der Waals surface area contributed by atoms with Crippen LogP contribution in [0.1, 0.15) is 41.3 Å². The Bertz CT molecular complexity index is 1070. The fraction of sp³-hybridized carbons (Fsp3) is 0.217. The van der Waals surface area contributed by atoms with E-state index >= 15 is 0 Å². The number of halogens is 1. The second-order valence-electron chi connectivity index (χ2n) is 7.01. The summed E-state index contributed by atoms with van der Waals surface area (Å²) in [5, 5.41) is 0. The van der Waals surface area contributed by atoms with E-state index in [0.717, 1.165) is 12.0 Å². The third-order valence-electron chi connectivity index (χ3n) is 4.78. The maximum atomic E-state index is 12.7. The Labute approximate surface area is 204 Å². The number of hydrogen-bond acceptors (Lipinski definition) is 5. The van der Waals surface area contributed by atoms with E-state index in [1.165, 1.54) is 22.2 Å². The number of thiocarbonyl (C=S) groups is 1. The van der Waals surface area contributed by atoms with Crippen molar-refractivity contribution < 1.29 is 14.4 Å². The molecular formula is C23H22BrN3O3S2. The molecular weight excluding hydrogens is 510 g/mol. The van der Waals surface area contributed by atoms with Gasteiger partial charge in [0.1, 0.15) is 4.32 Å². The van der Waals surface area contributed by atoms with Crippen molar-refractivity contribution in [2.75, 3.05) is 6.54 Å². The molecule has 0 unspecified atom stereocenters. The topological polar surface area (TPSA) is 78.5 Å². The number of rotatable bonds is 7. The van der Waals surface area contributed by atoms with Crippen molar-refractivity contribution in [3.8, 4) is 0 Å². The molecule has 0 aliphatic carbocycles. The highest BCUT2D eigenvalue weighted by Gasteiger charge is 2.31. The summed E-state index contributed by atoms with van der Waals surface area (Å²) in [5.74, 6) is -0.913. The molecule has 1 aliphatic rings. The lowest BCUT2D eigenvalue weighted by molar-refractivity contribution is -0.124. The van der Waals surface area contributed by atoms with Crippen molar-refractivity contribution in [1.82, 2.24) is 15.8 Å². The van der Waals surface area contributed by atoms with Gasteiger partial charge in [0.25, 0.3) is 11.8 Å². The van der Waals surface area contributed by atoms with Crippen LogP contribution in [0.5, 0.6) is 0 Å². The number of carbonyl (C=O) groups is 3. The number of hydrazine groups is 1. The highest BCUT2D eigenvalue weighted by atomic mass is 79.9. The molecule has 32 heavy (non-hydrogen) atoms. The van der Waals surface area contributed by atoms with Crippen LogP contribution >= 0.6 is 39.9 Å². The number of nitrogens with zero attached hydrogens (tertiary/aromatic N) is 1. The van der Waals surface area contributed by atoms with E-state index in [9.17, 15) is 14.4 Å². The van der Waals surface area contributed by atoms with Gasteiger partial charge in [0, 0.05) is 17.4 Å². The number of hydrogen-bond donors (Lipinski definition) is 2. The maximum absolute atomic E-state index is 12.7. The third-order valence-corrected chi connectivity index (χ3v) is 6.85. The second-order valence-corrected chi connectivity index (χ2v) is 9.54. The lowest BCUT2D eigenvalue weighted by atomic mass is 10.1. The molecule has 9 heteroatoms. The van der Waals surface area contributed by atoms with E-state index in [4.69, 9.17) is 12.2 Å². The SMILES string of the molecule is CCc1ccc(C=C2SC(=S)N(CCCC(=O)NNC(=O)c3ccccc3Br)C2=O)cc1. The van der Waals surface area contributed by atoms with Gasteiger partial charge in [-0.05, 0) is 58.1 Å². The number of aryl methyl sites for hydroxylation is 1. The van der Waals surface area contributed by atoms with Crippen LogP contribution in [0, 0.1) is 0 Å². The highest BCUT2D eigenvalue weighted by molar-refractivity contribution is 9.10. The standard InChI is InChI=1S/C23H22BrN3O3S2/c1-2-15-9-11-16(12-10-15)14-19-22(30)27(23(31)32-19)13-5-8-20(28)25-26-21(29)17-6-3-4-7-18(17)24/h3-4,6-7,9-12,14H,2,5,8,13H2,1H3,(H,25,28)(H,26,29). The molecule has 2 aromatic rings. The van der Waals surface area contributed by atoms with Gasteiger partial charge in [-0.1, -0.05) is 67.3 Å². The van der Waals surface area contributed by atoms with E-state index in [-0.39, 0.29) is 18.2 Å². The Morgan fingerprint density at radius 2 is 1.84 bits per heavy atom. The first kappa shape index (κ1) is 24.2. The van der Waals surface area contributed by atoms with E-state index in [2.05, 4.69) is 33.7 Å². The molecule has 1 heterocycles. The number of thioether (sulfide) groups is 1. The summed E-state index contributed by atoms with van der Waals surface area (Å²) in [6, 6.07) is 15.0. The third kappa shape index (κ3) is 6.27. The summed E-state index contributed by atoms with van der Waals surface area (Å²) in [6.07, 6.45) is 3.36. The van der Waals surface area contributed by atoms with Crippen LogP contribution in [0.2, 0.25) is 0 Å². The summed E-state index contributed by atoms with van der Waals surface area (Å²) < 4.78 is 1.12. The van der Waals surface area contributed by atoms with Gasteiger partial charge in [-0.2, -0.15) is 0 Å². The molecule has 1 saturated heterocycles. The smallest absolute Gasteiger partial charge is 0.270 e. The lowest BCUT2D eigenvalue weighted by Crippen LogP contribution is -2.42. The minimum absolute atomic E-state index is 0.144. The Morgan fingerprint density at radius 3 is 2.53 bits per heavy atom. The first-order valence-electron chi connectivity index (χ1n) is 10.1. The Kier molecular flexibility index (Phi) is 8.60. The van der Waals surface area contributed by atoms with Gasteiger partial charge in [0.15, 0.2) is 0 Å². The molecule has 0 saturated carbocycles. The van der Waals surface area contributed by atoms with Gasteiger partial charge in [-0.15, -0.1) is 0 Å². The predicted molar refractivity (Wildman–Crippen MR) is 135 cm³/mol. The Morgan fingerprint density at radius 1 is 1.12 bits per heavy atom. The minimum atomic E-state index is -0.417. The van der Waals surface area contributed by atoms with Gasteiger partial charge in [-0.3, -0.25) is 30.1 Å². The molecule has 0 aromatic heterocycles. The molecule has 3 amide bonds. The molecule has 1 fully saturated rings. The normalized spacial score (nSPS) is 14.7. The Balaban J connectivity index is 1.47. The van der Waals surface area contributed by atoms with Crippen LogP contribution in [-0.2, 0) is 16.0 Å². The van der Waals surface area contributed by atoms with Crippen molar-refractivity contribution in [3.63, 3.8) is 0 Å². The fourth-order valence-corrected chi connectivity index (χ4v) is 4.77. The first-order valence-corrected chi connectivity index (χ1v) is 12.1. The molecule has 6 nitrogen and oxygen atoms in total. The summed E-state index contributed by atoms with van der Waals surface area (Å²) in [6.45, 7) is 2.43. The van der Waals surface area contributed by atoms with Crippen molar-refractivity contribution in [2.24, 2.45) is 0 Å². The van der Waals surface area contributed by atoms with Crippen LogP contribution in [0.15, 0.2) is 57.9 Å². The van der Waals surface area contributed by atoms with Crippen LogP contribution in [0.4, 0.5) is 0 Å². The van der Waals surface area contributed by atoms with Crippen LogP contribution < -0.4 is 10.9 Å². The average molecular weight is 532 g/mol. The summed E-state index contributed by atoms with van der Waals surface area (Å²) in [5.41, 5.74) is 7.39. The zero-order valence-corrected chi connectivity index (χ0v) is 20.6. The van der Waals surface area contributed by atoms with E-state index in [1.807, 2.05) is 30.3 Å².